The minimum atomic E-state index is 0.0554. The van der Waals surface area contributed by atoms with Crippen molar-refractivity contribution in [3.8, 4) is 0 Å². The molecule has 1 amide bonds. The van der Waals surface area contributed by atoms with Crippen LogP contribution in [0.2, 0.25) is 0 Å². The largest absolute Gasteiger partial charge is 0.375 e. The highest BCUT2D eigenvalue weighted by Gasteiger charge is 2.24. The minimum absolute atomic E-state index is 0.0554. The van der Waals surface area contributed by atoms with Gasteiger partial charge in [0, 0.05) is 63.1 Å². The number of pyridine rings is 1. The fourth-order valence-corrected chi connectivity index (χ4v) is 5.81. The zero-order chi connectivity index (χ0) is 26.8. The predicted molar refractivity (Wildman–Crippen MR) is 155 cm³/mol. The van der Waals surface area contributed by atoms with E-state index >= 15 is 0 Å². The Morgan fingerprint density at radius 1 is 1.13 bits per heavy atom. The molecule has 4 heterocycles. The molecule has 2 aliphatic rings. The van der Waals surface area contributed by atoms with Gasteiger partial charge in [0.1, 0.15) is 5.65 Å². The molecule has 1 saturated heterocycles. The molecule has 5 rings (SSSR count). The summed E-state index contributed by atoms with van der Waals surface area (Å²) in [6, 6.07) is 13.1. The van der Waals surface area contributed by atoms with E-state index in [1.165, 1.54) is 27.8 Å². The summed E-state index contributed by atoms with van der Waals surface area (Å²) in [7, 11) is 5.52. The molecule has 1 fully saturated rings. The Labute approximate surface area is 226 Å². The lowest BCUT2D eigenvalue weighted by Gasteiger charge is -2.32. The Balaban J connectivity index is 1.32. The first kappa shape index (κ1) is 26.0. The van der Waals surface area contributed by atoms with E-state index < -0.39 is 0 Å². The first-order valence-corrected chi connectivity index (χ1v) is 13.7. The van der Waals surface area contributed by atoms with Crippen molar-refractivity contribution in [2.24, 2.45) is 0 Å². The maximum absolute atomic E-state index is 12.2. The maximum Gasteiger partial charge on any atom is 0.253 e. The summed E-state index contributed by atoms with van der Waals surface area (Å²) in [4.78, 5) is 21.3. The summed E-state index contributed by atoms with van der Waals surface area (Å²) in [5.41, 5.74) is 7.03. The molecule has 1 aromatic carbocycles. The molecule has 2 N–H and O–H groups in total. The number of dihydropyridines is 1. The van der Waals surface area contributed by atoms with Gasteiger partial charge >= 0.3 is 0 Å². The molecule has 0 radical (unpaired) electrons. The minimum Gasteiger partial charge on any atom is -0.375 e. The first-order valence-electron chi connectivity index (χ1n) is 13.7. The van der Waals surface area contributed by atoms with Crippen LogP contribution in [0.1, 0.15) is 65.8 Å². The van der Waals surface area contributed by atoms with Crippen LogP contribution in [0.5, 0.6) is 0 Å². The highest BCUT2D eigenvalue weighted by molar-refractivity contribution is 5.94. The van der Waals surface area contributed by atoms with Gasteiger partial charge in [-0.25, -0.2) is 4.98 Å². The zero-order valence-corrected chi connectivity index (χ0v) is 23.3. The fraction of sp³-hybridized carbons (Fsp3) is 0.419. The van der Waals surface area contributed by atoms with Gasteiger partial charge in [-0.2, -0.15) is 0 Å². The molecule has 2 aliphatic heterocycles. The van der Waals surface area contributed by atoms with E-state index in [0.29, 0.717) is 12.0 Å². The number of allylic oxidation sites excluding steroid dienone is 2. The standard InChI is InChI=1S/C31H40N6O/c1-21(2)37-26(18-28-27(12-15-33-30(28)37)25-10-11-29(32-3)34-19-25)20-36-16-13-23(14-17-36)22-6-8-24(9-7-22)31(38)35(4)5/h6-12,15,18,21,23,32,34H,13-14,16-17,19-20H2,1-5H3. The van der Waals surface area contributed by atoms with Crippen molar-refractivity contribution in [2.75, 3.05) is 40.8 Å². The van der Waals surface area contributed by atoms with Gasteiger partial charge in [-0.3, -0.25) is 9.69 Å². The summed E-state index contributed by atoms with van der Waals surface area (Å²) >= 11 is 0. The normalized spacial score (nSPS) is 16.8. The van der Waals surface area contributed by atoms with E-state index in [1.54, 1.807) is 19.0 Å². The Kier molecular flexibility index (Phi) is 7.56. The average Bonchev–Trinajstić information content (AvgIpc) is 3.31. The van der Waals surface area contributed by atoms with E-state index in [4.69, 9.17) is 4.98 Å². The van der Waals surface area contributed by atoms with Crippen LogP contribution < -0.4 is 10.6 Å². The molecule has 38 heavy (non-hydrogen) atoms. The van der Waals surface area contributed by atoms with Gasteiger partial charge in [0.2, 0.25) is 0 Å². The quantitative estimate of drug-likeness (QED) is 0.479. The summed E-state index contributed by atoms with van der Waals surface area (Å²) in [5.74, 6) is 1.64. The van der Waals surface area contributed by atoms with Gasteiger partial charge in [0.25, 0.3) is 5.91 Å². The number of likely N-dealkylation sites (tertiary alicyclic amines) is 1. The number of rotatable bonds is 7. The van der Waals surface area contributed by atoms with Gasteiger partial charge < -0.3 is 20.1 Å². The van der Waals surface area contributed by atoms with Crippen molar-refractivity contribution >= 4 is 22.5 Å². The number of hydrogen-bond acceptors (Lipinski definition) is 5. The van der Waals surface area contributed by atoms with E-state index in [9.17, 15) is 4.79 Å². The van der Waals surface area contributed by atoms with Crippen LogP contribution in [0.25, 0.3) is 16.6 Å². The van der Waals surface area contributed by atoms with Gasteiger partial charge in [-0.15, -0.1) is 0 Å². The summed E-state index contributed by atoms with van der Waals surface area (Å²) in [6.07, 6.45) is 8.51. The third-order valence-corrected chi connectivity index (χ3v) is 7.88. The van der Waals surface area contributed by atoms with E-state index in [1.807, 2.05) is 25.4 Å². The van der Waals surface area contributed by atoms with Crippen molar-refractivity contribution in [3.63, 3.8) is 0 Å². The lowest BCUT2D eigenvalue weighted by atomic mass is 9.89. The zero-order valence-electron chi connectivity index (χ0n) is 23.3. The van der Waals surface area contributed by atoms with Crippen LogP contribution in [-0.2, 0) is 6.54 Å². The summed E-state index contributed by atoms with van der Waals surface area (Å²) < 4.78 is 2.41. The SMILES string of the molecule is CNC1=CC=C(c2ccnc3c2cc(CN2CCC(c4ccc(C(=O)N(C)C)cc4)CC2)n3C(C)C)CN1. The predicted octanol–water partition coefficient (Wildman–Crippen LogP) is 4.75. The molecule has 2 aromatic heterocycles. The molecular formula is C31H40N6O. The van der Waals surface area contributed by atoms with Crippen LogP contribution in [0.3, 0.4) is 0 Å². The molecule has 0 unspecified atom stereocenters. The second-order valence-electron chi connectivity index (χ2n) is 10.9. The number of carbonyl (C=O) groups is 1. The highest BCUT2D eigenvalue weighted by Crippen LogP contribution is 2.33. The van der Waals surface area contributed by atoms with Gasteiger partial charge in [0.15, 0.2) is 0 Å². The van der Waals surface area contributed by atoms with Crippen LogP contribution in [0.15, 0.2) is 60.6 Å². The lowest BCUT2D eigenvalue weighted by Crippen LogP contribution is -2.33. The molecular weight excluding hydrogens is 472 g/mol. The molecule has 0 aliphatic carbocycles. The number of nitrogens with one attached hydrogen (secondary N) is 2. The average molecular weight is 513 g/mol. The number of piperidine rings is 1. The van der Waals surface area contributed by atoms with Crippen molar-refractivity contribution in [1.82, 2.24) is 30.0 Å². The van der Waals surface area contributed by atoms with E-state index in [0.717, 1.165) is 56.1 Å². The first-order chi connectivity index (χ1) is 18.4. The summed E-state index contributed by atoms with van der Waals surface area (Å²) in [6.45, 7) is 8.35. The van der Waals surface area contributed by atoms with Crippen LogP contribution in [0.4, 0.5) is 0 Å². The Bertz CT molecular complexity index is 1360. The van der Waals surface area contributed by atoms with Crippen LogP contribution in [0, 0.1) is 0 Å². The molecule has 0 spiro atoms. The van der Waals surface area contributed by atoms with Crippen LogP contribution in [-0.4, -0.2) is 66.0 Å². The second kappa shape index (κ2) is 11.0. The molecule has 0 atom stereocenters. The number of amides is 1. The Morgan fingerprint density at radius 3 is 2.47 bits per heavy atom. The maximum atomic E-state index is 12.2. The van der Waals surface area contributed by atoms with Gasteiger partial charge in [0.05, 0.1) is 5.82 Å². The molecule has 7 heteroatoms. The topological polar surface area (TPSA) is 65.4 Å². The second-order valence-corrected chi connectivity index (χ2v) is 10.9. The van der Waals surface area contributed by atoms with Gasteiger partial charge in [-0.1, -0.05) is 18.2 Å². The molecule has 200 valence electrons. The lowest BCUT2D eigenvalue weighted by molar-refractivity contribution is 0.0827. The van der Waals surface area contributed by atoms with Gasteiger partial charge in [-0.05, 0) is 92.7 Å². The molecule has 7 nitrogen and oxygen atoms in total. The highest BCUT2D eigenvalue weighted by atomic mass is 16.2. The number of fused-ring (bicyclic) bond motifs is 1. The Hall–Kier alpha value is -3.58. The molecule has 0 bridgehead atoms. The third kappa shape index (κ3) is 5.20. The van der Waals surface area contributed by atoms with E-state index in [2.05, 4.69) is 70.4 Å². The monoisotopic (exact) mass is 512 g/mol. The van der Waals surface area contributed by atoms with Crippen molar-refractivity contribution < 1.29 is 4.79 Å². The van der Waals surface area contributed by atoms with Crippen molar-refractivity contribution in [3.05, 3.63) is 83.0 Å². The van der Waals surface area contributed by atoms with E-state index in [-0.39, 0.29) is 5.91 Å². The van der Waals surface area contributed by atoms with Crippen molar-refractivity contribution in [2.45, 2.75) is 45.2 Å². The number of benzene rings is 1. The third-order valence-electron chi connectivity index (χ3n) is 7.88. The molecule has 0 saturated carbocycles. The smallest absolute Gasteiger partial charge is 0.253 e. The number of hydrogen-bond donors (Lipinski definition) is 2. The number of aromatic nitrogens is 2. The number of carbonyl (C=O) groups excluding carboxylic acids is 1. The molecule has 3 aromatic rings. The van der Waals surface area contributed by atoms with Crippen LogP contribution >= 0.6 is 0 Å². The summed E-state index contributed by atoms with van der Waals surface area (Å²) in [5, 5.41) is 7.86. The van der Waals surface area contributed by atoms with Crippen molar-refractivity contribution in [1.29, 1.82) is 0 Å². The number of nitrogens with zero attached hydrogens (tertiary/aromatic N) is 4. The Morgan fingerprint density at radius 2 is 1.87 bits per heavy atom. The fourth-order valence-electron chi connectivity index (χ4n) is 5.81.